The molecule has 8 heteroatoms. The van der Waals surface area contributed by atoms with Gasteiger partial charge in [-0.2, -0.15) is 0 Å². The van der Waals surface area contributed by atoms with Gasteiger partial charge in [0.2, 0.25) is 0 Å². The highest BCUT2D eigenvalue weighted by molar-refractivity contribution is 7.91. The lowest BCUT2D eigenvalue weighted by molar-refractivity contribution is 0.0244. The smallest absolute Gasteiger partial charge is 0.178 e. The van der Waals surface area contributed by atoms with Gasteiger partial charge in [0, 0.05) is 17.4 Å². The molecule has 5 nitrogen and oxygen atoms in total. The van der Waals surface area contributed by atoms with Crippen molar-refractivity contribution in [2.75, 3.05) is 5.75 Å². The van der Waals surface area contributed by atoms with Crippen LogP contribution in [-0.4, -0.2) is 28.8 Å². The molecule has 0 aliphatic rings. The van der Waals surface area contributed by atoms with Gasteiger partial charge in [-0.15, -0.1) is 0 Å². The van der Waals surface area contributed by atoms with E-state index in [0.717, 1.165) is 16.8 Å². The van der Waals surface area contributed by atoms with E-state index in [0.29, 0.717) is 44.9 Å². The van der Waals surface area contributed by atoms with E-state index in [1.54, 1.807) is 31.2 Å². The highest BCUT2D eigenvalue weighted by atomic mass is 35.5. The van der Waals surface area contributed by atoms with Gasteiger partial charge in [0.25, 0.3) is 0 Å². The van der Waals surface area contributed by atoms with E-state index in [-0.39, 0.29) is 5.75 Å². The number of halogens is 2. The first-order chi connectivity index (χ1) is 17.1. The normalized spacial score (nSPS) is 12.2. The van der Waals surface area contributed by atoms with Crippen LogP contribution in [0, 0.1) is 0 Å². The van der Waals surface area contributed by atoms with Crippen LogP contribution in [0.4, 0.5) is 0 Å². The molecule has 4 rings (SSSR count). The Hall–Kier alpha value is -2.64. The van der Waals surface area contributed by atoms with Crippen LogP contribution in [0.15, 0.2) is 77.8 Å². The number of aromatic nitrogens is 2. The lowest BCUT2D eigenvalue weighted by Gasteiger charge is -2.22. The molecule has 0 spiro atoms. The topological polar surface area (TPSA) is 72.2 Å². The fraction of sp³-hybridized carbons (Fsp3) is 0.250. The summed E-state index contributed by atoms with van der Waals surface area (Å²) < 4.78 is 26.6. The second-order valence-electron chi connectivity index (χ2n) is 8.64. The molecule has 0 fully saturated rings. The predicted molar refractivity (Wildman–Crippen MR) is 147 cm³/mol. The Labute approximate surface area is 222 Å². The van der Waals surface area contributed by atoms with Crippen LogP contribution in [0.1, 0.15) is 39.3 Å². The van der Waals surface area contributed by atoms with Crippen molar-refractivity contribution in [3.05, 3.63) is 88.7 Å². The van der Waals surface area contributed by atoms with Gasteiger partial charge in [-0.25, -0.2) is 13.4 Å². The number of nitrogens with zero attached hydrogens (tertiary/aromatic N) is 2. The van der Waals surface area contributed by atoms with E-state index < -0.39 is 15.4 Å². The first kappa shape index (κ1) is 26.4. The molecule has 0 saturated heterocycles. The van der Waals surface area contributed by atoms with Gasteiger partial charge in [-0.3, -0.25) is 4.57 Å². The molecular weight excluding hydrogens is 515 g/mol. The molecule has 4 aromatic rings. The second-order valence-corrected chi connectivity index (χ2v) is 11.7. The molecule has 0 unspecified atom stereocenters. The molecule has 188 valence electrons. The summed E-state index contributed by atoms with van der Waals surface area (Å²) >= 11 is 12.8. The van der Waals surface area contributed by atoms with E-state index in [9.17, 15) is 13.5 Å². The molecule has 0 saturated carbocycles. The Bertz CT molecular complexity index is 1490. The molecule has 0 aliphatic heterocycles. The van der Waals surface area contributed by atoms with Crippen LogP contribution in [-0.2, 0) is 15.4 Å². The van der Waals surface area contributed by atoms with Crippen LogP contribution >= 0.6 is 23.2 Å². The standard InChI is InChI=1S/C28H28Cl2N2O3S/c1-4-28(33,5-2)25-18-32(27(31-25)23-11-8-12-24(29)26(23)30)21-15-13-19(14-16-21)20-9-7-10-22(17-20)36(34,35)6-3/h7-18,33H,4-6H2,1-3H3. The number of benzene rings is 3. The Morgan fingerprint density at radius 2 is 1.58 bits per heavy atom. The van der Waals surface area contributed by atoms with Crippen LogP contribution in [0.5, 0.6) is 0 Å². The monoisotopic (exact) mass is 542 g/mol. The quantitative estimate of drug-likeness (QED) is 0.253. The maximum atomic E-state index is 12.3. The van der Waals surface area contributed by atoms with Gasteiger partial charge in [0.05, 0.1) is 26.4 Å². The van der Waals surface area contributed by atoms with Crippen molar-refractivity contribution in [3.8, 4) is 28.2 Å². The first-order valence-corrected chi connectivity index (χ1v) is 14.2. The SMILES string of the molecule is CCC(O)(CC)c1cn(-c2ccc(-c3cccc(S(=O)(=O)CC)c3)cc2)c(-c2cccc(Cl)c2Cl)n1. The minimum absolute atomic E-state index is 0.0507. The lowest BCUT2D eigenvalue weighted by atomic mass is 9.94. The van der Waals surface area contributed by atoms with Gasteiger partial charge in [-0.05, 0) is 60.4 Å². The molecular formula is C28H28Cl2N2O3S. The number of imidazole rings is 1. The molecule has 0 bridgehead atoms. The summed E-state index contributed by atoms with van der Waals surface area (Å²) in [4.78, 5) is 5.11. The Balaban J connectivity index is 1.82. The zero-order valence-corrected chi connectivity index (χ0v) is 22.7. The molecule has 0 aliphatic carbocycles. The van der Waals surface area contributed by atoms with E-state index in [1.807, 2.05) is 67.1 Å². The van der Waals surface area contributed by atoms with Crippen molar-refractivity contribution in [1.82, 2.24) is 9.55 Å². The van der Waals surface area contributed by atoms with Crippen molar-refractivity contribution in [1.29, 1.82) is 0 Å². The Morgan fingerprint density at radius 3 is 2.22 bits per heavy atom. The molecule has 1 N–H and O–H groups in total. The molecule has 3 aromatic carbocycles. The van der Waals surface area contributed by atoms with E-state index in [1.165, 1.54) is 0 Å². The minimum Gasteiger partial charge on any atom is -0.384 e. The maximum Gasteiger partial charge on any atom is 0.178 e. The zero-order chi connectivity index (χ0) is 26.1. The fourth-order valence-corrected chi connectivity index (χ4v) is 5.44. The van der Waals surface area contributed by atoms with Gasteiger partial charge >= 0.3 is 0 Å². The summed E-state index contributed by atoms with van der Waals surface area (Å²) in [5, 5.41) is 12.0. The van der Waals surface area contributed by atoms with E-state index >= 15 is 0 Å². The van der Waals surface area contributed by atoms with Gasteiger partial charge in [0.1, 0.15) is 11.4 Å². The van der Waals surface area contributed by atoms with Crippen molar-refractivity contribution in [2.24, 2.45) is 0 Å². The van der Waals surface area contributed by atoms with Crippen molar-refractivity contribution in [3.63, 3.8) is 0 Å². The predicted octanol–water partition coefficient (Wildman–Crippen LogP) is 7.31. The molecule has 36 heavy (non-hydrogen) atoms. The number of sulfone groups is 1. The van der Waals surface area contributed by atoms with E-state index in [4.69, 9.17) is 28.2 Å². The summed E-state index contributed by atoms with van der Waals surface area (Å²) in [5.74, 6) is 0.622. The third kappa shape index (κ3) is 4.96. The largest absolute Gasteiger partial charge is 0.384 e. The lowest BCUT2D eigenvalue weighted by Crippen LogP contribution is -2.23. The maximum absolute atomic E-state index is 12.3. The molecule has 1 aromatic heterocycles. The Kier molecular flexibility index (Phi) is 7.62. The van der Waals surface area contributed by atoms with E-state index in [2.05, 4.69) is 0 Å². The van der Waals surface area contributed by atoms with Crippen molar-refractivity contribution >= 4 is 33.0 Å². The highest BCUT2D eigenvalue weighted by Gasteiger charge is 2.30. The molecule has 0 radical (unpaired) electrons. The molecule has 0 atom stereocenters. The van der Waals surface area contributed by atoms with Gasteiger partial charge < -0.3 is 5.11 Å². The average molecular weight is 544 g/mol. The molecule has 0 amide bonds. The highest BCUT2D eigenvalue weighted by Crippen LogP contribution is 2.37. The summed E-state index contributed by atoms with van der Waals surface area (Å²) in [6, 6.07) is 20.1. The summed E-state index contributed by atoms with van der Waals surface area (Å²) in [6.07, 6.45) is 2.86. The zero-order valence-electron chi connectivity index (χ0n) is 20.4. The summed E-state index contributed by atoms with van der Waals surface area (Å²) in [5.41, 5.74) is 2.65. The minimum atomic E-state index is -3.30. The number of aliphatic hydroxyl groups is 1. The van der Waals surface area contributed by atoms with Crippen LogP contribution in [0.2, 0.25) is 10.0 Å². The van der Waals surface area contributed by atoms with Gasteiger partial charge in [-0.1, -0.05) is 74.3 Å². The number of rotatable bonds is 8. The van der Waals surface area contributed by atoms with Crippen LogP contribution in [0.3, 0.4) is 0 Å². The third-order valence-corrected chi connectivity index (χ3v) is 9.15. The fourth-order valence-electron chi connectivity index (χ4n) is 4.13. The van der Waals surface area contributed by atoms with Crippen molar-refractivity contribution < 1.29 is 13.5 Å². The van der Waals surface area contributed by atoms with Crippen molar-refractivity contribution in [2.45, 2.75) is 44.1 Å². The Morgan fingerprint density at radius 1 is 0.917 bits per heavy atom. The van der Waals surface area contributed by atoms with Crippen LogP contribution < -0.4 is 0 Å². The first-order valence-electron chi connectivity index (χ1n) is 11.8. The average Bonchev–Trinajstić information content (AvgIpc) is 3.36. The number of hydrogen-bond donors (Lipinski definition) is 1. The second kappa shape index (κ2) is 10.4. The summed E-state index contributed by atoms with van der Waals surface area (Å²) in [6.45, 7) is 5.49. The van der Waals surface area contributed by atoms with Gasteiger partial charge in [0.15, 0.2) is 9.84 Å². The van der Waals surface area contributed by atoms with Crippen LogP contribution in [0.25, 0.3) is 28.2 Å². The number of hydrogen-bond acceptors (Lipinski definition) is 4. The molecule has 1 heterocycles. The third-order valence-electron chi connectivity index (χ3n) is 6.60. The summed E-state index contributed by atoms with van der Waals surface area (Å²) in [7, 11) is -3.30.